The number of carbonyl (C=O) groups is 1. The van der Waals surface area contributed by atoms with E-state index in [4.69, 9.17) is 9.47 Å². The van der Waals surface area contributed by atoms with E-state index in [1.165, 1.54) is 116 Å². The van der Waals surface area contributed by atoms with E-state index < -0.39 is 0 Å². The minimum atomic E-state index is 0.610. The van der Waals surface area contributed by atoms with Gasteiger partial charge in [0.1, 0.15) is 11.5 Å². The first-order chi connectivity index (χ1) is 16.8. The van der Waals surface area contributed by atoms with Crippen molar-refractivity contribution in [2.24, 2.45) is 0 Å². The van der Waals surface area contributed by atoms with Gasteiger partial charge in [-0.3, -0.25) is 4.79 Å². The van der Waals surface area contributed by atoms with Crippen molar-refractivity contribution in [3.8, 4) is 11.5 Å². The van der Waals surface area contributed by atoms with Crippen molar-refractivity contribution in [1.29, 1.82) is 0 Å². The second-order valence-corrected chi connectivity index (χ2v) is 9.88. The van der Waals surface area contributed by atoms with Crippen molar-refractivity contribution in [1.82, 2.24) is 0 Å². The van der Waals surface area contributed by atoms with Gasteiger partial charge in [0.25, 0.3) is 0 Å². The molecule has 1 aromatic rings. The van der Waals surface area contributed by atoms with Crippen LogP contribution < -0.4 is 9.47 Å². The molecule has 196 valence electrons. The van der Waals surface area contributed by atoms with Gasteiger partial charge in [-0.15, -0.1) is 0 Å². The normalized spacial score (nSPS) is 11.0. The first kappa shape index (κ1) is 30.5. The van der Waals surface area contributed by atoms with Crippen LogP contribution in [0.25, 0.3) is 0 Å². The van der Waals surface area contributed by atoms with Crippen LogP contribution in [0.3, 0.4) is 0 Å². The molecule has 0 unspecified atom stereocenters. The van der Waals surface area contributed by atoms with Crippen LogP contribution in [0.15, 0.2) is 18.2 Å². The van der Waals surface area contributed by atoms with Gasteiger partial charge in [-0.2, -0.15) is 0 Å². The fourth-order valence-electron chi connectivity index (χ4n) is 4.38. The zero-order valence-electron chi connectivity index (χ0n) is 22.6. The molecule has 0 heterocycles. The van der Waals surface area contributed by atoms with Gasteiger partial charge in [0.15, 0.2) is 6.29 Å². The van der Waals surface area contributed by atoms with E-state index >= 15 is 0 Å². The molecule has 1 rings (SSSR count). The number of hydrogen-bond donors (Lipinski definition) is 0. The quantitative estimate of drug-likeness (QED) is 0.104. The van der Waals surface area contributed by atoms with Gasteiger partial charge in [0.05, 0.1) is 18.8 Å². The maximum absolute atomic E-state index is 11.4. The van der Waals surface area contributed by atoms with E-state index in [2.05, 4.69) is 13.8 Å². The predicted octanol–water partition coefficient (Wildman–Crippen LogP) is 10.1. The van der Waals surface area contributed by atoms with Crippen molar-refractivity contribution in [2.45, 2.75) is 142 Å². The monoisotopic (exact) mass is 474 g/mol. The number of benzene rings is 1. The second kappa shape index (κ2) is 23.2. The highest BCUT2D eigenvalue weighted by Crippen LogP contribution is 2.24. The van der Waals surface area contributed by atoms with Crippen molar-refractivity contribution in [3.05, 3.63) is 23.8 Å². The average molecular weight is 475 g/mol. The second-order valence-electron chi connectivity index (χ2n) is 9.88. The van der Waals surface area contributed by atoms with Crippen LogP contribution in [0, 0.1) is 0 Å². The van der Waals surface area contributed by atoms with Crippen LogP contribution in [-0.4, -0.2) is 19.5 Å². The largest absolute Gasteiger partial charge is 0.493 e. The number of rotatable bonds is 25. The highest BCUT2D eigenvalue weighted by Gasteiger charge is 2.06. The summed E-state index contributed by atoms with van der Waals surface area (Å²) in [5, 5.41) is 0. The minimum Gasteiger partial charge on any atom is -0.493 e. The van der Waals surface area contributed by atoms with Crippen LogP contribution in [0.2, 0.25) is 0 Å². The summed E-state index contributed by atoms with van der Waals surface area (Å²) in [6.07, 6.45) is 27.2. The summed E-state index contributed by atoms with van der Waals surface area (Å²) in [5.74, 6) is 1.46. The van der Waals surface area contributed by atoms with Gasteiger partial charge in [-0.25, -0.2) is 0 Å². The molecule has 0 aromatic heterocycles. The number of unbranched alkanes of at least 4 members (excludes halogenated alkanes) is 18. The Morgan fingerprint density at radius 2 is 0.971 bits per heavy atom. The lowest BCUT2D eigenvalue weighted by molar-refractivity contribution is 0.111. The summed E-state index contributed by atoms with van der Waals surface area (Å²) in [6.45, 7) is 5.93. The third-order valence-corrected chi connectivity index (χ3v) is 6.63. The van der Waals surface area contributed by atoms with Gasteiger partial charge in [0, 0.05) is 6.07 Å². The van der Waals surface area contributed by atoms with Crippen LogP contribution in [-0.2, 0) is 0 Å². The molecule has 0 aliphatic carbocycles. The van der Waals surface area contributed by atoms with Crippen LogP contribution in [0.4, 0.5) is 0 Å². The Morgan fingerprint density at radius 3 is 1.41 bits per heavy atom. The van der Waals surface area contributed by atoms with E-state index in [1.54, 1.807) is 0 Å². The summed E-state index contributed by atoms with van der Waals surface area (Å²) >= 11 is 0. The molecule has 0 radical (unpaired) electrons. The van der Waals surface area contributed by atoms with Crippen molar-refractivity contribution < 1.29 is 14.3 Å². The zero-order chi connectivity index (χ0) is 24.5. The number of hydrogen-bond acceptors (Lipinski definition) is 3. The molecule has 3 heteroatoms. The maximum Gasteiger partial charge on any atom is 0.153 e. The molecular weight excluding hydrogens is 420 g/mol. The molecule has 0 aliphatic heterocycles. The summed E-state index contributed by atoms with van der Waals surface area (Å²) in [5.41, 5.74) is 0.610. The molecule has 0 amide bonds. The summed E-state index contributed by atoms with van der Waals surface area (Å²) < 4.78 is 11.9. The fourth-order valence-corrected chi connectivity index (χ4v) is 4.38. The lowest BCUT2D eigenvalue weighted by atomic mass is 10.1. The molecule has 3 nitrogen and oxygen atoms in total. The van der Waals surface area contributed by atoms with Gasteiger partial charge in [-0.05, 0) is 25.0 Å². The first-order valence-electron chi connectivity index (χ1n) is 14.7. The molecule has 1 aromatic carbocycles. The minimum absolute atomic E-state index is 0.610. The zero-order valence-corrected chi connectivity index (χ0v) is 22.6. The smallest absolute Gasteiger partial charge is 0.153 e. The Hall–Kier alpha value is -1.51. The van der Waals surface area contributed by atoms with Crippen molar-refractivity contribution in [3.63, 3.8) is 0 Å². The highest BCUT2D eigenvalue weighted by molar-refractivity contribution is 5.79. The Kier molecular flexibility index (Phi) is 20.9. The molecule has 0 N–H and O–H groups in total. The molecule has 0 bridgehead atoms. The Morgan fingerprint density at radius 1 is 0.559 bits per heavy atom. The van der Waals surface area contributed by atoms with Gasteiger partial charge >= 0.3 is 0 Å². The Balaban J connectivity index is 2.10. The molecule has 0 atom stereocenters. The SMILES string of the molecule is CCCCCCCCCCCCOc1ccc(C=O)c(OCCCCCCCCCCCC)c1. The van der Waals surface area contributed by atoms with E-state index in [0.717, 1.165) is 31.5 Å². The van der Waals surface area contributed by atoms with Crippen LogP contribution >= 0.6 is 0 Å². The third-order valence-electron chi connectivity index (χ3n) is 6.63. The van der Waals surface area contributed by atoms with Crippen LogP contribution in [0.1, 0.15) is 153 Å². The predicted molar refractivity (Wildman–Crippen MR) is 147 cm³/mol. The van der Waals surface area contributed by atoms with E-state index in [9.17, 15) is 4.79 Å². The maximum atomic E-state index is 11.4. The van der Waals surface area contributed by atoms with Crippen molar-refractivity contribution >= 4 is 6.29 Å². The topological polar surface area (TPSA) is 35.5 Å². The lowest BCUT2D eigenvalue weighted by Gasteiger charge is -2.12. The number of ether oxygens (including phenoxy) is 2. The lowest BCUT2D eigenvalue weighted by Crippen LogP contribution is -2.02. The first-order valence-corrected chi connectivity index (χ1v) is 14.7. The van der Waals surface area contributed by atoms with Gasteiger partial charge < -0.3 is 9.47 Å². The molecule has 34 heavy (non-hydrogen) atoms. The molecule has 0 saturated heterocycles. The van der Waals surface area contributed by atoms with Crippen molar-refractivity contribution in [2.75, 3.05) is 13.2 Å². The molecule has 0 spiro atoms. The van der Waals surface area contributed by atoms with Gasteiger partial charge in [0.2, 0.25) is 0 Å². The van der Waals surface area contributed by atoms with Crippen LogP contribution in [0.5, 0.6) is 11.5 Å². The highest BCUT2D eigenvalue weighted by atomic mass is 16.5. The third kappa shape index (κ3) is 17.0. The fraction of sp³-hybridized carbons (Fsp3) is 0.774. The molecule has 0 aliphatic rings. The summed E-state index contributed by atoms with van der Waals surface area (Å²) in [6, 6.07) is 5.58. The molecule has 0 saturated carbocycles. The Bertz CT molecular complexity index is 584. The standard InChI is InChI=1S/C31H54O3/c1-3-5-7-9-11-13-15-17-19-21-25-33-30-24-23-29(28-32)31(27-30)34-26-22-20-18-16-14-12-10-8-6-4-2/h23-24,27-28H,3-22,25-26H2,1-2H3. The van der Waals surface area contributed by atoms with E-state index in [-0.39, 0.29) is 0 Å². The number of aldehydes is 1. The molecule has 0 fully saturated rings. The number of carbonyl (C=O) groups excluding carboxylic acids is 1. The summed E-state index contributed by atoms with van der Waals surface area (Å²) in [7, 11) is 0. The van der Waals surface area contributed by atoms with E-state index in [1.807, 2.05) is 18.2 Å². The van der Waals surface area contributed by atoms with E-state index in [0.29, 0.717) is 17.9 Å². The molecular formula is C31H54O3. The summed E-state index contributed by atoms with van der Waals surface area (Å²) in [4.78, 5) is 11.4. The van der Waals surface area contributed by atoms with Gasteiger partial charge in [-0.1, -0.05) is 129 Å². The average Bonchev–Trinajstić information content (AvgIpc) is 2.86. The Labute approximate surface area is 211 Å².